The number of phenols is 1. The van der Waals surface area contributed by atoms with Gasteiger partial charge in [-0.05, 0) is 43.9 Å². The largest absolute Gasteiger partial charge is 0.507 e. The molecule has 0 heterocycles. The molecule has 0 saturated heterocycles. The van der Waals surface area contributed by atoms with Gasteiger partial charge >= 0.3 is 0 Å². The fourth-order valence-corrected chi connectivity index (χ4v) is 1.78. The van der Waals surface area contributed by atoms with E-state index in [0.717, 1.165) is 29.5 Å². The molecule has 0 aromatic heterocycles. The van der Waals surface area contributed by atoms with E-state index in [2.05, 4.69) is 18.8 Å². The Hall–Kier alpha value is -1.31. The second-order valence-corrected chi connectivity index (χ2v) is 4.27. The summed E-state index contributed by atoms with van der Waals surface area (Å²) in [7, 11) is 0. The zero-order valence-corrected chi connectivity index (χ0v) is 10.6. The lowest BCUT2D eigenvalue weighted by molar-refractivity contribution is 0.470. The summed E-state index contributed by atoms with van der Waals surface area (Å²) >= 11 is 0. The monoisotopic (exact) mass is 219 g/mol. The molecule has 0 aliphatic rings. The van der Waals surface area contributed by atoms with Crippen LogP contribution in [0.5, 0.6) is 5.75 Å². The maximum atomic E-state index is 9.89. The number of aryl methyl sites for hydroxylation is 2. The SMILES string of the molecule is CCC(CC)N=Cc1cc(C)cc(C)c1O. The van der Waals surface area contributed by atoms with Gasteiger partial charge in [-0.2, -0.15) is 0 Å². The molecule has 0 aliphatic heterocycles. The third-order valence-electron chi connectivity index (χ3n) is 2.84. The Morgan fingerprint density at radius 1 is 1.25 bits per heavy atom. The molecular formula is C14H21NO. The van der Waals surface area contributed by atoms with Gasteiger partial charge in [-0.3, -0.25) is 4.99 Å². The maximum absolute atomic E-state index is 9.89. The van der Waals surface area contributed by atoms with Gasteiger partial charge in [0.25, 0.3) is 0 Å². The van der Waals surface area contributed by atoms with Gasteiger partial charge in [0, 0.05) is 17.8 Å². The Balaban J connectivity index is 2.96. The third-order valence-corrected chi connectivity index (χ3v) is 2.84. The summed E-state index contributed by atoms with van der Waals surface area (Å²) < 4.78 is 0. The first-order chi connectivity index (χ1) is 7.58. The zero-order valence-electron chi connectivity index (χ0n) is 10.6. The average Bonchev–Trinajstić information content (AvgIpc) is 2.26. The molecule has 0 radical (unpaired) electrons. The van der Waals surface area contributed by atoms with Crippen molar-refractivity contribution in [2.24, 2.45) is 4.99 Å². The van der Waals surface area contributed by atoms with E-state index in [1.54, 1.807) is 6.21 Å². The number of hydrogen-bond acceptors (Lipinski definition) is 2. The van der Waals surface area contributed by atoms with Crippen LogP contribution in [0.4, 0.5) is 0 Å². The van der Waals surface area contributed by atoms with Crippen molar-refractivity contribution in [2.45, 2.75) is 46.6 Å². The van der Waals surface area contributed by atoms with Crippen LogP contribution in [-0.4, -0.2) is 17.4 Å². The Kier molecular flexibility index (Phi) is 4.53. The molecule has 1 aromatic rings. The van der Waals surface area contributed by atoms with Crippen molar-refractivity contribution in [3.8, 4) is 5.75 Å². The molecule has 0 fully saturated rings. The van der Waals surface area contributed by atoms with Crippen molar-refractivity contribution >= 4 is 6.21 Å². The van der Waals surface area contributed by atoms with E-state index in [9.17, 15) is 5.11 Å². The molecule has 0 atom stereocenters. The van der Waals surface area contributed by atoms with Gasteiger partial charge in [0.1, 0.15) is 5.75 Å². The van der Waals surface area contributed by atoms with E-state index >= 15 is 0 Å². The second-order valence-electron chi connectivity index (χ2n) is 4.27. The summed E-state index contributed by atoms with van der Waals surface area (Å²) in [6.07, 6.45) is 3.88. The highest BCUT2D eigenvalue weighted by atomic mass is 16.3. The van der Waals surface area contributed by atoms with Crippen LogP contribution in [0.15, 0.2) is 17.1 Å². The number of hydrogen-bond donors (Lipinski definition) is 1. The molecule has 0 saturated carbocycles. The van der Waals surface area contributed by atoms with Crippen molar-refractivity contribution in [2.75, 3.05) is 0 Å². The minimum absolute atomic E-state index is 0.348. The molecule has 0 amide bonds. The first kappa shape index (κ1) is 12.8. The van der Waals surface area contributed by atoms with Crippen LogP contribution in [0.2, 0.25) is 0 Å². The maximum Gasteiger partial charge on any atom is 0.127 e. The molecule has 1 aromatic carbocycles. The van der Waals surface area contributed by atoms with Crippen molar-refractivity contribution in [1.82, 2.24) is 0 Å². The molecule has 16 heavy (non-hydrogen) atoms. The number of nitrogens with zero attached hydrogens (tertiary/aromatic N) is 1. The van der Waals surface area contributed by atoms with E-state index in [-0.39, 0.29) is 0 Å². The van der Waals surface area contributed by atoms with Crippen molar-refractivity contribution < 1.29 is 5.11 Å². The Morgan fingerprint density at radius 2 is 1.88 bits per heavy atom. The highest BCUT2D eigenvalue weighted by Gasteiger charge is 2.04. The molecule has 1 rings (SSSR count). The van der Waals surface area contributed by atoms with Gasteiger partial charge in [-0.25, -0.2) is 0 Å². The molecule has 2 nitrogen and oxygen atoms in total. The lowest BCUT2D eigenvalue weighted by Crippen LogP contribution is -2.00. The minimum Gasteiger partial charge on any atom is -0.507 e. The molecule has 0 aliphatic carbocycles. The van der Waals surface area contributed by atoms with Gasteiger partial charge < -0.3 is 5.11 Å². The summed E-state index contributed by atoms with van der Waals surface area (Å²) in [6.45, 7) is 8.21. The highest BCUT2D eigenvalue weighted by Crippen LogP contribution is 2.22. The van der Waals surface area contributed by atoms with Crippen LogP contribution in [0, 0.1) is 13.8 Å². The first-order valence-corrected chi connectivity index (χ1v) is 5.91. The second kappa shape index (κ2) is 5.69. The van der Waals surface area contributed by atoms with Gasteiger partial charge in [-0.1, -0.05) is 19.9 Å². The molecule has 0 unspecified atom stereocenters. The zero-order chi connectivity index (χ0) is 12.1. The van der Waals surface area contributed by atoms with Crippen LogP contribution in [0.3, 0.4) is 0 Å². The smallest absolute Gasteiger partial charge is 0.127 e. The van der Waals surface area contributed by atoms with Gasteiger partial charge in [0.05, 0.1) is 0 Å². The lowest BCUT2D eigenvalue weighted by atomic mass is 10.1. The summed E-state index contributed by atoms with van der Waals surface area (Å²) in [6, 6.07) is 4.30. The van der Waals surface area contributed by atoms with Crippen molar-refractivity contribution in [3.05, 3.63) is 28.8 Å². The minimum atomic E-state index is 0.348. The fourth-order valence-electron chi connectivity index (χ4n) is 1.78. The van der Waals surface area contributed by atoms with Gasteiger partial charge in [0.15, 0.2) is 0 Å². The molecule has 0 spiro atoms. The number of benzene rings is 1. The molecule has 0 bridgehead atoms. The topological polar surface area (TPSA) is 32.6 Å². The molecule has 2 heteroatoms. The normalized spacial score (nSPS) is 11.6. The Bertz CT molecular complexity index is 379. The van der Waals surface area contributed by atoms with E-state index < -0.39 is 0 Å². The Morgan fingerprint density at radius 3 is 2.44 bits per heavy atom. The standard InChI is InChI=1S/C14H21NO/c1-5-13(6-2)15-9-12-8-10(3)7-11(4)14(12)16/h7-9,13,16H,5-6H2,1-4H3. The first-order valence-electron chi connectivity index (χ1n) is 5.91. The lowest BCUT2D eigenvalue weighted by Gasteiger charge is -2.07. The van der Waals surface area contributed by atoms with E-state index in [1.165, 1.54) is 0 Å². The van der Waals surface area contributed by atoms with Gasteiger partial charge in [-0.15, -0.1) is 0 Å². The number of phenolic OH excluding ortho intramolecular Hbond substituents is 1. The van der Waals surface area contributed by atoms with Crippen molar-refractivity contribution in [3.63, 3.8) is 0 Å². The van der Waals surface area contributed by atoms with Crippen LogP contribution in [0.1, 0.15) is 43.4 Å². The summed E-state index contributed by atoms with van der Waals surface area (Å²) in [5.41, 5.74) is 2.89. The number of aromatic hydroxyl groups is 1. The summed E-state index contributed by atoms with van der Waals surface area (Å²) in [5.74, 6) is 0.348. The predicted octanol–water partition coefficient (Wildman–Crippen LogP) is 3.62. The van der Waals surface area contributed by atoms with Gasteiger partial charge in [0.2, 0.25) is 0 Å². The summed E-state index contributed by atoms with van der Waals surface area (Å²) in [4.78, 5) is 4.49. The summed E-state index contributed by atoms with van der Waals surface area (Å²) in [5, 5.41) is 9.89. The number of aliphatic imine (C=N–C) groups is 1. The van der Waals surface area contributed by atoms with E-state index in [4.69, 9.17) is 0 Å². The highest BCUT2D eigenvalue weighted by molar-refractivity contribution is 5.84. The quantitative estimate of drug-likeness (QED) is 0.771. The fraction of sp³-hybridized carbons (Fsp3) is 0.500. The third kappa shape index (κ3) is 3.09. The molecule has 1 N–H and O–H groups in total. The van der Waals surface area contributed by atoms with Crippen LogP contribution >= 0.6 is 0 Å². The Labute approximate surface area is 98.0 Å². The average molecular weight is 219 g/mol. The van der Waals surface area contributed by atoms with Crippen LogP contribution in [0.25, 0.3) is 0 Å². The molecule has 88 valence electrons. The van der Waals surface area contributed by atoms with Crippen LogP contribution in [-0.2, 0) is 0 Å². The van der Waals surface area contributed by atoms with Crippen LogP contribution < -0.4 is 0 Å². The van der Waals surface area contributed by atoms with E-state index in [1.807, 2.05) is 26.0 Å². The molecular weight excluding hydrogens is 198 g/mol. The van der Waals surface area contributed by atoms with Crippen molar-refractivity contribution in [1.29, 1.82) is 0 Å². The number of rotatable bonds is 4. The van der Waals surface area contributed by atoms with E-state index in [0.29, 0.717) is 11.8 Å². The predicted molar refractivity (Wildman–Crippen MR) is 69.5 cm³/mol.